The van der Waals surface area contributed by atoms with Crippen molar-refractivity contribution in [2.75, 3.05) is 37.6 Å². The quantitative estimate of drug-likeness (QED) is 0.686. The lowest BCUT2D eigenvalue weighted by Gasteiger charge is -2.43. The van der Waals surface area contributed by atoms with E-state index in [-0.39, 0.29) is 41.8 Å². The molecular formula is C26H33FN6O3. The van der Waals surface area contributed by atoms with Crippen LogP contribution in [0.5, 0.6) is 0 Å². The van der Waals surface area contributed by atoms with Crippen LogP contribution < -0.4 is 10.2 Å². The molecule has 1 atom stereocenters. The van der Waals surface area contributed by atoms with Crippen LogP contribution in [0.3, 0.4) is 0 Å². The van der Waals surface area contributed by atoms with E-state index in [9.17, 15) is 18.8 Å². The highest BCUT2D eigenvalue weighted by Gasteiger charge is 2.48. The van der Waals surface area contributed by atoms with E-state index in [0.29, 0.717) is 44.1 Å². The van der Waals surface area contributed by atoms with Crippen molar-refractivity contribution in [2.24, 2.45) is 0 Å². The average molecular weight is 497 g/mol. The number of anilines is 1. The molecule has 1 saturated carbocycles. The summed E-state index contributed by atoms with van der Waals surface area (Å²) in [6, 6.07) is 8.29. The lowest BCUT2D eigenvalue weighted by molar-refractivity contribution is -0.133. The number of nitrogens with one attached hydrogen (secondary N) is 1. The van der Waals surface area contributed by atoms with Gasteiger partial charge in [-0.3, -0.25) is 19.1 Å². The maximum Gasteiger partial charge on any atom is 0.274 e. The second-order valence-electron chi connectivity index (χ2n) is 10.1. The minimum Gasteiger partial charge on any atom is -0.366 e. The van der Waals surface area contributed by atoms with Crippen LogP contribution >= 0.6 is 0 Å². The van der Waals surface area contributed by atoms with Gasteiger partial charge in [-0.1, -0.05) is 25.0 Å². The number of likely N-dealkylation sites (N-methyl/N-ethyl adjacent to an activating group) is 1. The zero-order valence-electron chi connectivity index (χ0n) is 20.9. The largest absolute Gasteiger partial charge is 0.366 e. The van der Waals surface area contributed by atoms with Gasteiger partial charge in [-0.2, -0.15) is 5.10 Å². The average Bonchev–Trinajstić information content (AvgIpc) is 3.54. The predicted molar refractivity (Wildman–Crippen MR) is 132 cm³/mol. The Morgan fingerprint density at radius 1 is 1.14 bits per heavy atom. The van der Waals surface area contributed by atoms with Gasteiger partial charge in [-0.15, -0.1) is 0 Å². The Labute approximate surface area is 210 Å². The van der Waals surface area contributed by atoms with Crippen LogP contribution in [0, 0.1) is 5.82 Å². The molecule has 0 unspecified atom stereocenters. The van der Waals surface area contributed by atoms with Crippen molar-refractivity contribution >= 4 is 23.4 Å². The zero-order valence-corrected chi connectivity index (χ0v) is 20.9. The van der Waals surface area contributed by atoms with Gasteiger partial charge in [0.1, 0.15) is 17.1 Å². The van der Waals surface area contributed by atoms with E-state index in [1.54, 1.807) is 34.9 Å². The summed E-state index contributed by atoms with van der Waals surface area (Å²) in [6.07, 6.45) is 4.11. The van der Waals surface area contributed by atoms with E-state index in [0.717, 1.165) is 25.7 Å². The molecule has 10 heteroatoms. The van der Waals surface area contributed by atoms with Gasteiger partial charge in [0.2, 0.25) is 5.91 Å². The van der Waals surface area contributed by atoms with Crippen molar-refractivity contribution < 1.29 is 18.8 Å². The predicted octanol–water partition coefficient (Wildman–Crippen LogP) is 2.28. The van der Waals surface area contributed by atoms with Gasteiger partial charge in [-0.05, 0) is 38.8 Å². The Hall–Kier alpha value is -3.43. The van der Waals surface area contributed by atoms with Crippen molar-refractivity contribution in [3.63, 3.8) is 0 Å². The summed E-state index contributed by atoms with van der Waals surface area (Å²) >= 11 is 0. The Morgan fingerprint density at radius 2 is 1.83 bits per heavy atom. The summed E-state index contributed by atoms with van der Waals surface area (Å²) in [7, 11) is 0. The number of rotatable bonds is 5. The molecule has 2 aliphatic heterocycles. The minimum absolute atomic E-state index is 0.141. The lowest BCUT2D eigenvalue weighted by atomic mass is 9.94. The molecular weight excluding hydrogens is 463 g/mol. The SMILES string of the molecule is CCN1C(=O)c2cc(C(=O)N3CCN(c4ccccc4F)CC3)nn2C[C@]1(C)C(=O)NC1CCCC1. The number of hydrogen-bond acceptors (Lipinski definition) is 5. The summed E-state index contributed by atoms with van der Waals surface area (Å²) in [5.74, 6) is -1.03. The molecule has 0 spiro atoms. The molecule has 2 fully saturated rings. The molecule has 3 aliphatic rings. The molecule has 192 valence electrons. The molecule has 1 aromatic carbocycles. The summed E-state index contributed by atoms with van der Waals surface area (Å²) in [4.78, 5) is 45.1. The lowest BCUT2D eigenvalue weighted by Crippen LogP contribution is -2.64. The van der Waals surface area contributed by atoms with Crippen LogP contribution in [-0.2, 0) is 11.3 Å². The van der Waals surface area contributed by atoms with Crippen LogP contribution in [0.4, 0.5) is 10.1 Å². The van der Waals surface area contributed by atoms with Gasteiger partial charge in [0.05, 0.1) is 12.2 Å². The third kappa shape index (κ3) is 4.22. The van der Waals surface area contributed by atoms with E-state index in [2.05, 4.69) is 10.4 Å². The van der Waals surface area contributed by atoms with Crippen LogP contribution in [0.25, 0.3) is 0 Å². The molecule has 5 rings (SSSR count). The number of piperazine rings is 1. The molecule has 9 nitrogen and oxygen atoms in total. The molecule has 1 N–H and O–H groups in total. The molecule has 1 aromatic heterocycles. The van der Waals surface area contributed by atoms with Gasteiger partial charge < -0.3 is 20.0 Å². The Bertz CT molecular complexity index is 1170. The second kappa shape index (κ2) is 9.55. The fourth-order valence-electron chi connectivity index (χ4n) is 5.67. The van der Waals surface area contributed by atoms with E-state index < -0.39 is 5.54 Å². The first-order chi connectivity index (χ1) is 17.3. The number of nitrogens with zero attached hydrogens (tertiary/aromatic N) is 5. The van der Waals surface area contributed by atoms with E-state index in [1.807, 2.05) is 11.8 Å². The first kappa shape index (κ1) is 24.3. The van der Waals surface area contributed by atoms with Gasteiger partial charge in [0, 0.05) is 44.8 Å². The maximum atomic E-state index is 14.2. The summed E-state index contributed by atoms with van der Waals surface area (Å²) in [6.45, 7) is 6.04. The monoisotopic (exact) mass is 496 g/mol. The van der Waals surface area contributed by atoms with Crippen molar-refractivity contribution in [3.05, 3.63) is 47.5 Å². The van der Waals surface area contributed by atoms with Crippen LogP contribution in [0.15, 0.2) is 30.3 Å². The van der Waals surface area contributed by atoms with Gasteiger partial charge in [-0.25, -0.2) is 4.39 Å². The highest BCUT2D eigenvalue weighted by molar-refractivity contribution is 6.02. The maximum absolute atomic E-state index is 14.2. The summed E-state index contributed by atoms with van der Waals surface area (Å²) < 4.78 is 15.7. The molecule has 0 radical (unpaired) electrons. The second-order valence-corrected chi connectivity index (χ2v) is 10.1. The number of aromatic nitrogens is 2. The number of amides is 3. The Balaban J connectivity index is 1.31. The Morgan fingerprint density at radius 3 is 2.50 bits per heavy atom. The van der Waals surface area contributed by atoms with Gasteiger partial charge >= 0.3 is 0 Å². The fraction of sp³-hybridized carbons (Fsp3) is 0.538. The molecule has 0 bridgehead atoms. The summed E-state index contributed by atoms with van der Waals surface area (Å²) in [5, 5.41) is 7.60. The number of carbonyl (C=O) groups excluding carboxylic acids is 3. The highest BCUT2D eigenvalue weighted by Crippen LogP contribution is 2.29. The van der Waals surface area contributed by atoms with Crippen molar-refractivity contribution in [3.8, 4) is 0 Å². The Kier molecular flexibility index (Phi) is 6.44. The number of carbonyl (C=O) groups is 3. The molecule has 1 saturated heterocycles. The van der Waals surface area contributed by atoms with E-state index in [1.165, 1.54) is 16.8 Å². The number of halogens is 1. The van der Waals surface area contributed by atoms with Crippen molar-refractivity contribution in [2.45, 2.75) is 57.7 Å². The molecule has 36 heavy (non-hydrogen) atoms. The van der Waals surface area contributed by atoms with Gasteiger partial charge in [0.15, 0.2) is 5.69 Å². The number of benzene rings is 1. The molecule has 1 aliphatic carbocycles. The van der Waals surface area contributed by atoms with Crippen molar-refractivity contribution in [1.82, 2.24) is 24.9 Å². The third-order valence-corrected chi connectivity index (χ3v) is 7.77. The topological polar surface area (TPSA) is 90.8 Å². The molecule has 2 aromatic rings. The van der Waals surface area contributed by atoms with E-state index >= 15 is 0 Å². The summed E-state index contributed by atoms with van der Waals surface area (Å²) in [5.41, 5.74) is -0.0490. The minimum atomic E-state index is -1.08. The highest BCUT2D eigenvalue weighted by atomic mass is 19.1. The zero-order chi connectivity index (χ0) is 25.4. The third-order valence-electron chi connectivity index (χ3n) is 7.77. The number of para-hydroxylation sites is 1. The molecule has 3 amide bonds. The number of fused-ring (bicyclic) bond motifs is 1. The molecule has 3 heterocycles. The number of hydrogen-bond donors (Lipinski definition) is 1. The fourth-order valence-corrected chi connectivity index (χ4v) is 5.67. The van der Waals surface area contributed by atoms with Crippen LogP contribution in [-0.4, -0.2) is 81.6 Å². The normalized spacial score (nSPS) is 22.6. The first-order valence-corrected chi connectivity index (χ1v) is 12.8. The first-order valence-electron chi connectivity index (χ1n) is 12.8. The smallest absolute Gasteiger partial charge is 0.274 e. The van der Waals surface area contributed by atoms with Gasteiger partial charge in [0.25, 0.3) is 11.8 Å². The van der Waals surface area contributed by atoms with Crippen LogP contribution in [0.1, 0.15) is 60.5 Å². The van der Waals surface area contributed by atoms with E-state index in [4.69, 9.17) is 0 Å². The standard InChI is InChI=1S/C26H33FN6O3/c1-3-32-24(35)22-16-20(29-33(22)17-26(32,2)25(36)28-18-8-4-5-9-18)23(34)31-14-12-30(13-15-31)21-11-7-6-10-19(21)27/h6-7,10-11,16,18H,3-5,8-9,12-15,17H2,1-2H3,(H,28,36)/t26-/m1/s1. The van der Waals surface area contributed by atoms with Crippen LogP contribution in [0.2, 0.25) is 0 Å². The van der Waals surface area contributed by atoms with Crippen molar-refractivity contribution in [1.29, 1.82) is 0 Å².